The molecular weight excluding hydrogens is 426 g/mol. The Morgan fingerprint density at radius 1 is 1.20 bits per heavy atom. The van der Waals surface area contributed by atoms with Crippen molar-refractivity contribution in [1.82, 2.24) is 9.73 Å². The Hall–Kier alpha value is -1.42. The Morgan fingerprint density at radius 3 is 2.64 bits per heavy atom. The first kappa shape index (κ1) is 18.4. The molecule has 0 unspecified atom stereocenters. The fourth-order valence-electron chi connectivity index (χ4n) is 2.70. The number of carbonyl (C=O) groups excluding carboxylic acids is 1. The topological polar surface area (TPSA) is 78.5 Å². The number of thiophene rings is 1. The highest BCUT2D eigenvalue weighted by atomic mass is 79.9. The lowest BCUT2D eigenvalue weighted by Gasteiger charge is -2.30. The number of hydrazine groups is 1. The lowest BCUT2D eigenvalue weighted by Crippen LogP contribution is -2.46. The quantitative estimate of drug-likeness (QED) is 0.695. The van der Waals surface area contributed by atoms with Crippen LogP contribution in [0, 0.1) is 5.92 Å². The number of nitrogens with one attached hydrogen (secondary N) is 2. The lowest BCUT2D eigenvalue weighted by molar-refractivity contribution is -0.125. The van der Waals surface area contributed by atoms with E-state index in [9.17, 15) is 13.2 Å². The van der Waals surface area contributed by atoms with E-state index in [2.05, 4.69) is 26.8 Å². The van der Waals surface area contributed by atoms with Crippen LogP contribution in [0.4, 0.5) is 5.69 Å². The molecule has 1 aromatic heterocycles. The van der Waals surface area contributed by atoms with Crippen LogP contribution < -0.4 is 10.9 Å². The summed E-state index contributed by atoms with van der Waals surface area (Å²) in [6, 6.07) is 12.6. The monoisotopic (exact) mass is 443 g/mol. The molecule has 25 heavy (non-hydrogen) atoms. The van der Waals surface area contributed by atoms with Crippen LogP contribution in [-0.4, -0.2) is 31.7 Å². The van der Waals surface area contributed by atoms with Crippen molar-refractivity contribution in [3.8, 4) is 0 Å². The SMILES string of the molecule is O=C(NNc1ccccc1)[C@H]1CCCN(S(=O)(=O)c2ccc(Br)s2)C1. The van der Waals surface area contributed by atoms with Crippen molar-refractivity contribution >= 4 is 48.9 Å². The summed E-state index contributed by atoms with van der Waals surface area (Å²) in [6.07, 6.45) is 1.33. The highest BCUT2D eigenvalue weighted by Crippen LogP contribution is 2.30. The van der Waals surface area contributed by atoms with E-state index in [1.54, 1.807) is 12.1 Å². The minimum absolute atomic E-state index is 0.195. The van der Waals surface area contributed by atoms with Crippen molar-refractivity contribution in [2.75, 3.05) is 18.5 Å². The highest BCUT2D eigenvalue weighted by molar-refractivity contribution is 9.11. The molecule has 1 amide bonds. The molecule has 1 fully saturated rings. The van der Waals surface area contributed by atoms with Crippen LogP contribution in [0.1, 0.15) is 12.8 Å². The molecule has 1 atom stereocenters. The van der Waals surface area contributed by atoms with Gasteiger partial charge in [0.2, 0.25) is 5.91 Å². The largest absolute Gasteiger partial charge is 0.299 e. The smallest absolute Gasteiger partial charge is 0.252 e. The number of rotatable bonds is 5. The molecule has 0 spiro atoms. The average Bonchev–Trinajstić information content (AvgIpc) is 3.08. The number of benzene rings is 1. The number of nitrogens with zero attached hydrogens (tertiary/aromatic N) is 1. The van der Waals surface area contributed by atoms with Crippen LogP contribution in [0.15, 0.2) is 50.5 Å². The van der Waals surface area contributed by atoms with Crippen molar-refractivity contribution < 1.29 is 13.2 Å². The van der Waals surface area contributed by atoms with Gasteiger partial charge in [-0.15, -0.1) is 11.3 Å². The van der Waals surface area contributed by atoms with Gasteiger partial charge < -0.3 is 0 Å². The van der Waals surface area contributed by atoms with Crippen LogP contribution in [0.25, 0.3) is 0 Å². The third kappa shape index (κ3) is 4.41. The zero-order valence-corrected chi connectivity index (χ0v) is 16.5. The molecule has 134 valence electrons. The van der Waals surface area contributed by atoms with Crippen molar-refractivity contribution in [2.45, 2.75) is 17.1 Å². The molecule has 0 saturated carbocycles. The number of carbonyl (C=O) groups is 1. The molecule has 1 aliphatic rings. The summed E-state index contributed by atoms with van der Waals surface area (Å²) < 4.78 is 27.9. The molecule has 1 aliphatic heterocycles. The zero-order valence-electron chi connectivity index (χ0n) is 13.3. The highest BCUT2D eigenvalue weighted by Gasteiger charge is 2.34. The van der Waals surface area contributed by atoms with E-state index in [1.807, 2.05) is 30.3 Å². The maximum absolute atomic E-state index is 12.7. The summed E-state index contributed by atoms with van der Waals surface area (Å²) in [5.74, 6) is -0.570. The van der Waals surface area contributed by atoms with Gasteiger partial charge in [-0.1, -0.05) is 18.2 Å². The van der Waals surface area contributed by atoms with E-state index >= 15 is 0 Å². The van der Waals surface area contributed by atoms with Gasteiger partial charge >= 0.3 is 0 Å². The van der Waals surface area contributed by atoms with E-state index < -0.39 is 10.0 Å². The molecule has 2 aromatic rings. The number of amides is 1. The van der Waals surface area contributed by atoms with Crippen LogP contribution in [0.5, 0.6) is 0 Å². The van der Waals surface area contributed by atoms with Crippen LogP contribution in [0.2, 0.25) is 0 Å². The van der Waals surface area contributed by atoms with E-state index in [4.69, 9.17) is 0 Å². The molecule has 2 heterocycles. The van der Waals surface area contributed by atoms with E-state index in [-0.39, 0.29) is 18.4 Å². The molecule has 0 radical (unpaired) electrons. The second kappa shape index (κ2) is 7.86. The van der Waals surface area contributed by atoms with Crippen molar-refractivity contribution in [2.24, 2.45) is 5.92 Å². The first-order valence-electron chi connectivity index (χ1n) is 7.83. The molecular formula is C16H18BrN3O3S2. The van der Waals surface area contributed by atoms with Gasteiger partial charge in [-0.25, -0.2) is 8.42 Å². The van der Waals surface area contributed by atoms with Gasteiger partial charge in [-0.3, -0.25) is 15.6 Å². The Labute approximate surface area is 159 Å². The average molecular weight is 444 g/mol. The second-order valence-electron chi connectivity index (χ2n) is 5.74. The Balaban J connectivity index is 1.63. The standard InChI is InChI=1S/C16H18BrN3O3S2/c17-14-8-9-15(24-14)25(22,23)20-10-4-5-12(11-20)16(21)19-18-13-6-2-1-3-7-13/h1-3,6-9,12,18H,4-5,10-11H2,(H,19,21)/t12-/m0/s1. The van der Waals surface area contributed by atoms with Gasteiger partial charge in [-0.2, -0.15) is 4.31 Å². The van der Waals surface area contributed by atoms with E-state index in [0.29, 0.717) is 23.6 Å². The number of piperidine rings is 1. The predicted octanol–water partition coefficient (Wildman–Crippen LogP) is 3.05. The summed E-state index contributed by atoms with van der Waals surface area (Å²) in [4.78, 5) is 12.4. The van der Waals surface area contributed by atoms with Crippen molar-refractivity contribution in [3.05, 3.63) is 46.3 Å². The minimum Gasteiger partial charge on any atom is -0.299 e. The van der Waals surface area contributed by atoms with Gasteiger partial charge in [-0.05, 0) is 53.0 Å². The third-order valence-corrected chi connectivity index (χ3v) is 7.96. The Bertz CT molecular complexity index is 839. The first-order valence-corrected chi connectivity index (χ1v) is 10.9. The first-order chi connectivity index (χ1) is 12.0. The van der Waals surface area contributed by atoms with Crippen molar-refractivity contribution in [1.29, 1.82) is 0 Å². The second-order valence-corrected chi connectivity index (χ2v) is 10.4. The van der Waals surface area contributed by atoms with Crippen LogP contribution in [0.3, 0.4) is 0 Å². The van der Waals surface area contributed by atoms with E-state index in [0.717, 1.165) is 9.47 Å². The van der Waals surface area contributed by atoms with Gasteiger partial charge in [0.15, 0.2) is 0 Å². The summed E-state index contributed by atoms with van der Waals surface area (Å²) in [5, 5.41) is 0. The van der Waals surface area contributed by atoms with E-state index in [1.165, 1.54) is 15.6 Å². The minimum atomic E-state index is -3.55. The number of sulfonamides is 1. The molecule has 0 bridgehead atoms. The van der Waals surface area contributed by atoms with Gasteiger partial charge in [0.05, 0.1) is 15.4 Å². The lowest BCUT2D eigenvalue weighted by atomic mass is 9.99. The maximum Gasteiger partial charge on any atom is 0.252 e. The van der Waals surface area contributed by atoms with Gasteiger partial charge in [0.25, 0.3) is 10.0 Å². The van der Waals surface area contributed by atoms with Crippen LogP contribution in [-0.2, 0) is 14.8 Å². The zero-order chi connectivity index (χ0) is 17.9. The molecule has 1 saturated heterocycles. The summed E-state index contributed by atoms with van der Waals surface area (Å²) in [7, 11) is -3.55. The molecule has 2 N–H and O–H groups in total. The Morgan fingerprint density at radius 2 is 1.96 bits per heavy atom. The molecule has 1 aromatic carbocycles. The van der Waals surface area contributed by atoms with Crippen LogP contribution >= 0.6 is 27.3 Å². The molecule has 0 aliphatic carbocycles. The Kier molecular flexibility index (Phi) is 5.78. The fraction of sp³-hybridized carbons (Fsp3) is 0.312. The summed E-state index contributed by atoms with van der Waals surface area (Å²) in [5.41, 5.74) is 6.31. The molecule has 3 rings (SSSR count). The number of anilines is 1. The normalized spacial score (nSPS) is 18.7. The summed E-state index contributed by atoms with van der Waals surface area (Å²) >= 11 is 4.47. The predicted molar refractivity (Wildman–Crippen MR) is 102 cm³/mol. The van der Waals surface area contributed by atoms with Crippen molar-refractivity contribution in [3.63, 3.8) is 0 Å². The van der Waals surface area contributed by atoms with Gasteiger partial charge in [0.1, 0.15) is 4.21 Å². The molecule has 9 heteroatoms. The number of halogens is 1. The fourth-order valence-corrected chi connectivity index (χ4v) is 6.38. The number of para-hydroxylation sites is 1. The number of hydrogen-bond donors (Lipinski definition) is 2. The number of hydrogen-bond acceptors (Lipinski definition) is 5. The maximum atomic E-state index is 12.7. The van der Waals surface area contributed by atoms with Gasteiger partial charge in [0, 0.05) is 13.1 Å². The molecule has 6 nitrogen and oxygen atoms in total. The summed E-state index contributed by atoms with van der Waals surface area (Å²) in [6.45, 7) is 0.633. The third-order valence-electron chi connectivity index (χ3n) is 4.00.